The van der Waals surface area contributed by atoms with Crippen molar-refractivity contribution in [3.63, 3.8) is 0 Å². The van der Waals surface area contributed by atoms with Gasteiger partial charge in [0.2, 0.25) is 0 Å². The SMILES string of the molecule is COc1ccccc1C(=O)NC1CCCC(C)C1C. The van der Waals surface area contributed by atoms with Crippen molar-refractivity contribution in [1.82, 2.24) is 5.32 Å². The molecule has 0 spiro atoms. The highest BCUT2D eigenvalue weighted by Crippen LogP contribution is 2.30. The number of rotatable bonds is 3. The third-order valence-corrected chi connectivity index (χ3v) is 4.37. The molecule has 1 aliphatic carbocycles. The summed E-state index contributed by atoms with van der Waals surface area (Å²) in [6, 6.07) is 7.65. The maximum atomic E-state index is 12.4. The Morgan fingerprint density at radius 1 is 1.26 bits per heavy atom. The van der Waals surface area contributed by atoms with Crippen molar-refractivity contribution >= 4 is 5.91 Å². The first-order chi connectivity index (χ1) is 9.13. The van der Waals surface area contributed by atoms with Crippen LogP contribution in [0.3, 0.4) is 0 Å². The van der Waals surface area contributed by atoms with Crippen molar-refractivity contribution in [2.75, 3.05) is 7.11 Å². The summed E-state index contributed by atoms with van der Waals surface area (Å²) in [5.41, 5.74) is 0.621. The molecule has 1 saturated carbocycles. The van der Waals surface area contributed by atoms with E-state index in [9.17, 15) is 4.79 Å². The largest absolute Gasteiger partial charge is 0.496 e. The topological polar surface area (TPSA) is 38.3 Å². The van der Waals surface area contributed by atoms with Gasteiger partial charge in [0.1, 0.15) is 5.75 Å². The monoisotopic (exact) mass is 261 g/mol. The number of nitrogens with one attached hydrogen (secondary N) is 1. The lowest BCUT2D eigenvalue weighted by atomic mass is 9.78. The molecule has 0 bridgehead atoms. The van der Waals surface area contributed by atoms with E-state index in [-0.39, 0.29) is 11.9 Å². The van der Waals surface area contributed by atoms with Crippen LogP contribution in [0.1, 0.15) is 43.5 Å². The van der Waals surface area contributed by atoms with Crippen LogP contribution in [0.15, 0.2) is 24.3 Å². The summed E-state index contributed by atoms with van der Waals surface area (Å²) < 4.78 is 5.24. The summed E-state index contributed by atoms with van der Waals surface area (Å²) in [5.74, 6) is 1.82. The average Bonchev–Trinajstić information content (AvgIpc) is 2.43. The molecular formula is C16H23NO2. The molecular weight excluding hydrogens is 238 g/mol. The molecule has 1 N–H and O–H groups in total. The molecule has 104 valence electrons. The molecule has 0 saturated heterocycles. The van der Waals surface area contributed by atoms with E-state index in [0.717, 1.165) is 6.42 Å². The maximum Gasteiger partial charge on any atom is 0.255 e. The first kappa shape index (κ1) is 13.9. The lowest BCUT2D eigenvalue weighted by Gasteiger charge is -2.34. The average molecular weight is 261 g/mol. The Labute approximate surface area is 115 Å². The van der Waals surface area contributed by atoms with Gasteiger partial charge in [-0.05, 0) is 30.4 Å². The third-order valence-electron chi connectivity index (χ3n) is 4.37. The van der Waals surface area contributed by atoms with Gasteiger partial charge >= 0.3 is 0 Å². The number of amides is 1. The normalized spacial score (nSPS) is 26.8. The van der Waals surface area contributed by atoms with Crippen molar-refractivity contribution in [3.8, 4) is 5.75 Å². The molecule has 3 heteroatoms. The summed E-state index contributed by atoms with van der Waals surface area (Å²) in [4.78, 5) is 12.4. The highest BCUT2D eigenvalue weighted by atomic mass is 16.5. The second-order valence-electron chi connectivity index (χ2n) is 5.55. The fourth-order valence-electron chi connectivity index (χ4n) is 2.86. The van der Waals surface area contributed by atoms with Crippen LogP contribution < -0.4 is 10.1 Å². The zero-order chi connectivity index (χ0) is 13.8. The van der Waals surface area contributed by atoms with Crippen LogP contribution in [0, 0.1) is 11.8 Å². The number of hydrogen-bond donors (Lipinski definition) is 1. The summed E-state index contributed by atoms with van der Waals surface area (Å²) in [6.07, 6.45) is 3.54. The van der Waals surface area contributed by atoms with Crippen LogP contribution in [0.2, 0.25) is 0 Å². The molecule has 3 atom stereocenters. The highest BCUT2D eigenvalue weighted by molar-refractivity contribution is 5.97. The zero-order valence-corrected chi connectivity index (χ0v) is 12.0. The van der Waals surface area contributed by atoms with Gasteiger partial charge < -0.3 is 10.1 Å². The van der Waals surface area contributed by atoms with E-state index in [1.807, 2.05) is 24.3 Å². The standard InChI is InChI=1S/C16H23NO2/c1-11-7-6-9-14(12(11)2)17-16(18)13-8-4-5-10-15(13)19-3/h4-5,8,10-12,14H,6-7,9H2,1-3H3,(H,17,18). The fraction of sp³-hybridized carbons (Fsp3) is 0.562. The number of para-hydroxylation sites is 1. The second kappa shape index (κ2) is 6.09. The summed E-state index contributed by atoms with van der Waals surface area (Å²) >= 11 is 0. The van der Waals surface area contributed by atoms with Crippen molar-refractivity contribution in [1.29, 1.82) is 0 Å². The molecule has 0 aromatic heterocycles. The van der Waals surface area contributed by atoms with E-state index in [4.69, 9.17) is 4.74 Å². The zero-order valence-electron chi connectivity index (χ0n) is 12.0. The van der Waals surface area contributed by atoms with Crippen LogP contribution in [0.25, 0.3) is 0 Å². The molecule has 1 aromatic rings. The van der Waals surface area contributed by atoms with E-state index in [1.165, 1.54) is 12.8 Å². The van der Waals surface area contributed by atoms with E-state index in [2.05, 4.69) is 19.2 Å². The van der Waals surface area contributed by atoms with Gasteiger partial charge in [-0.1, -0.05) is 38.8 Å². The Balaban J connectivity index is 2.08. The van der Waals surface area contributed by atoms with Gasteiger partial charge in [0.05, 0.1) is 12.7 Å². The lowest BCUT2D eigenvalue weighted by molar-refractivity contribution is 0.0888. The molecule has 0 aliphatic heterocycles. The number of ether oxygens (including phenoxy) is 1. The highest BCUT2D eigenvalue weighted by Gasteiger charge is 2.28. The summed E-state index contributed by atoms with van der Waals surface area (Å²) in [6.45, 7) is 4.50. The van der Waals surface area contributed by atoms with Crippen molar-refractivity contribution in [2.45, 2.75) is 39.2 Å². The second-order valence-corrected chi connectivity index (χ2v) is 5.55. The van der Waals surface area contributed by atoms with Crippen LogP contribution >= 0.6 is 0 Å². The number of methoxy groups -OCH3 is 1. The Morgan fingerprint density at radius 3 is 2.74 bits per heavy atom. The molecule has 0 heterocycles. The first-order valence-corrected chi connectivity index (χ1v) is 7.07. The molecule has 1 fully saturated rings. The van der Waals surface area contributed by atoms with Crippen molar-refractivity contribution in [3.05, 3.63) is 29.8 Å². The predicted octanol–water partition coefficient (Wildman–Crippen LogP) is 3.25. The van der Waals surface area contributed by atoms with Gasteiger partial charge in [-0.15, -0.1) is 0 Å². The number of benzene rings is 1. The number of hydrogen-bond acceptors (Lipinski definition) is 2. The Kier molecular flexibility index (Phi) is 4.46. The molecule has 1 aliphatic rings. The van der Waals surface area contributed by atoms with Gasteiger partial charge in [0, 0.05) is 6.04 Å². The smallest absolute Gasteiger partial charge is 0.255 e. The Hall–Kier alpha value is -1.51. The van der Waals surface area contributed by atoms with Crippen molar-refractivity contribution in [2.24, 2.45) is 11.8 Å². The minimum absolute atomic E-state index is 0.0246. The molecule has 1 amide bonds. The maximum absolute atomic E-state index is 12.4. The van der Waals surface area contributed by atoms with E-state index in [0.29, 0.717) is 23.1 Å². The van der Waals surface area contributed by atoms with Gasteiger partial charge in [0.15, 0.2) is 0 Å². The summed E-state index contributed by atoms with van der Waals surface area (Å²) in [7, 11) is 1.59. The van der Waals surface area contributed by atoms with Crippen LogP contribution in [0.4, 0.5) is 0 Å². The first-order valence-electron chi connectivity index (χ1n) is 7.07. The molecule has 3 unspecified atom stereocenters. The van der Waals surface area contributed by atoms with Crippen LogP contribution in [-0.2, 0) is 0 Å². The molecule has 3 nitrogen and oxygen atoms in total. The number of carbonyl (C=O) groups is 1. The lowest BCUT2D eigenvalue weighted by Crippen LogP contribution is -2.43. The fourth-order valence-corrected chi connectivity index (χ4v) is 2.86. The van der Waals surface area contributed by atoms with E-state index >= 15 is 0 Å². The van der Waals surface area contributed by atoms with Gasteiger partial charge in [-0.25, -0.2) is 0 Å². The molecule has 1 aromatic carbocycles. The van der Waals surface area contributed by atoms with Crippen molar-refractivity contribution < 1.29 is 9.53 Å². The molecule has 2 rings (SSSR count). The van der Waals surface area contributed by atoms with Gasteiger partial charge in [-0.3, -0.25) is 4.79 Å². The quantitative estimate of drug-likeness (QED) is 0.907. The summed E-state index contributed by atoms with van der Waals surface area (Å²) in [5, 5.41) is 3.17. The third kappa shape index (κ3) is 3.09. The minimum atomic E-state index is -0.0246. The van der Waals surface area contributed by atoms with Crippen LogP contribution in [-0.4, -0.2) is 19.1 Å². The molecule has 0 radical (unpaired) electrons. The van der Waals surface area contributed by atoms with Gasteiger partial charge in [-0.2, -0.15) is 0 Å². The van der Waals surface area contributed by atoms with Gasteiger partial charge in [0.25, 0.3) is 5.91 Å². The van der Waals surface area contributed by atoms with Crippen LogP contribution in [0.5, 0.6) is 5.75 Å². The van der Waals surface area contributed by atoms with E-state index in [1.54, 1.807) is 7.11 Å². The Morgan fingerprint density at radius 2 is 2.00 bits per heavy atom. The number of carbonyl (C=O) groups excluding carboxylic acids is 1. The molecule has 19 heavy (non-hydrogen) atoms. The predicted molar refractivity (Wildman–Crippen MR) is 76.4 cm³/mol. The minimum Gasteiger partial charge on any atom is -0.496 e. The van der Waals surface area contributed by atoms with E-state index < -0.39 is 0 Å². The Bertz CT molecular complexity index is 444.